The molecule has 11 heteroatoms. The van der Waals surface area contributed by atoms with Gasteiger partial charge in [0.1, 0.15) is 22.6 Å². The molecule has 1 aliphatic rings. The highest BCUT2D eigenvalue weighted by Gasteiger charge is 2.38. The van der Waals surface area contributed by atoms with Crippen LogP contribution < -0.4 is 11.1 Å². The van der Waals surface area contributed by atoms with Crippen LogP contribution in [0.5, 0.6) is 0 Å². The number of methoxy groups -OCH3 is 1. The van der Waals surface area contributed by atoms with Crippen LogP contribution in [-0.2, 0) is 14.6 Å². The standard InChI is InChI=1S/C21H24ClFN4O4S.C2H6/c1-11-6-13(22)9-25-19(11)21(28)26-14-4-5-16(23)15(8-14)17-10-32(29,30)18(20(24)27-17)7-12(2)31-3;1-2/h4-6,8-9,12,17-18H,7,10H2,1-3H3,(H2,24,27)(H,26,28);1-2H3. The van der Waals surface area contributed by atoms with E-state index in [0.29, 0.717) is 10.6 Å². The summed E-state index contributed by atoms with van der Waals surface area (Å²) >= 11 is 5.87. The highest BCUT2D eigenvalue weighted by Crippen LogP contribution is 2.31. The fourth-order valence-corrected chi connectivity index (χ4v) is 5.62. The van der Waals surface area contributed by atoms with Gasteiger partial charge in [-0.05, 0) is 50.1 Å². The highest BCUT2D eigenvalue weighted by molar-refractivity contribution is 7.92. The van der Waals surface area contributed by atoms with Gasteiger partial charge < -0.3 is 15.8 Å². The first kappa shape index (κ1) is 27.7. The van der Waals surface area contributed by atoms with Crippen LogP contribution in [0.3, 0.4) is 0 Å². The van der Waals surface area contributed by atoms with Gasteiger partial charge in [-0.3, -0.25) is 9.79 Å². The summed E-state index contributed by atoms with van der Waals surface area (Å²) in [7, 11) is -2.21. The molecule has 0 radical (unpaired) electrons. The molecule has 1 aromatic carbocycles. The number of rotatable bonds is 6. The maximum Gasteiger partial charge on any atom is 0.274 e. The van der Waals surface area contributed by atoms with Crippen LogP contribution in [0.4, 0.5) is 10.1 Å². The van der Waals surface area contributed by atoms with Crippen molar-refractivity contribution in [1.29, 1.82) is 0 Å². The molecular formula is C23H30ClFN4O4S. The number of amidine groups is 1. The van der Waals surface area contributed by atoms with Crippen molar-refractivity contribution < 1.29 is 22.3 Å². The molecule has 3 unspecified atom stereocenters. The number of anilines is 1. The molecule has 186 valence electrons. The predicted octanol–water partition coefficient (Wildman–Crippen LogP) is 4.08. The summed E-state index contributed by atoms with van der Waals surface area (Å²) in [5.41, 5.74) is 6.99. The first-order chi connectivity index (χ1) is 16.0. The first-order valence-corrected chi connectivity index (χ1v) is 12.9. The highest BCUT2D eigenvalue weighted by atomic mass is 35.5. The van der Waals surface area contributed by atoms with Gasteiger partial charge in [0.25, 0.3) is 5.91 Å². The Kier molecular flexibility index (Phi) is 9.54. The second-order valence-electron chi connectivity index (χ2n) is 7.68. The van der Waals surface area contributed by atoms with Crippen molar-refractivity contribution in [2.45, 2.75) is 51.5 Å². The van der Waals surface area contributed by atoms with Crippen LogP contribution in [-0.4, -0.2) is 49.4 Å². The van der Waals surface area contributed by atoms with Gasteiger partial charge >= 0.3 is 0 Å². The van der Waals surface area contributed by atoms with Crippen LogP contribution in [0.15, 0.2) is 35.5 Å². The van der Waals surface area contributed by atoms with Crippen LogP contribution in [0.1, 0.15) is 54.8 Å². The number of nitrogens with zero attached hydrogens (tertiary/aromatic N) is 2. The minimum absolute atomic E-state index is 0.0216. The van der Waals surface area contributed by atoms with Gasteiger partial charge in [-0.25, -0.2) is 17.8 Å². The molecule has 2 aromatic rings. The lowest BCUT2D eigenvalue weighted by Crippen LogP contribution is -2.44. The fourth-order valence-electron chi connectivity index (χ4n) is 3.49. The number of nitrogens with two attached hydrogens (primary N) is 1. The molecule has 1 aromatic heterocycles. The van der Waals surface area contributed by atoms with E-state index in [9.17, 15) is 17.6 Å². The predicted molar refractivity (Wildman–Crippen MR) is 133 cm³/mol. The molecule has 3 N–H and O–H groups in total. The number of carbonyl (C=O) groups is 1. The number of sulfone groups is 1. The number of pyridine rings is 1. The quantitative estimate of drug-likeness (QED) is 0.601. The monoisotopic (exact) mass is 512 g/mol. The number of aromatic nitrogens is 1. The van der Waals surface area contributed by atoms with E-state index in [4.69, 9.17) is 22.1 Å². The Balaban J connectivity index is 0.00000199. The smallest absolute Gasteiger partial charge is 0.274 e. The van der Waals surface area contributed by atoms with E-state index < -0.39 is 38.6 Å². The van der Waals surface area contributed by atoms with Crippen molar-refractivity contribution >= 4 is 38.9 Å². The van der Waals surface area contributed by atoms with Crippen molar-refractivity contribution in [2.24, 2.45) is 10.7 Å². The molecule has 1 amide bonds. The topological polar surface area (TPSA) is 124 Å². The Morgan fingerprint density at radius 2 is 2.03 bits per heavy atom. The molecule has 8 nitrogen and oxygen atoms in total. The summed E-state index contributed by atoms with van der Waals surface area (Å²) in [4.78, 5) is 20.9. The van der Waals surface area contributed by atoms with E-state index in [-0.39, 0.29) is 35.3 Å². The molecule has 2 heterocycles. The Hall–Kier alpha value is -2.56. The van der Waals surface area contributed by atoms with Crippen LogP contribution in [0, 0.1) is 12.7 Å². The van der Waals surface area contributed by atoms with Gasteiger partial charge in [0.2, 0.25) is 0 Å². The van der Waals surface area contributed by atoms with E-state index in [1.165, 1.54) is 25.4 Å². The van der Waals surface area contributed by atoms with Gasteiger partial charge in [0.05, 0.1) is 22.9 Å². The molecule has 3 atom stereocenters. The number of nitrogens with one attached hydrogen (secondary N) is 1. The van der Waals surface area contributed by atoms with Crippen molar-refractivity contribution in [3.63, 3.8) is 0 Å². The molecule has 0 saturated carbocycles. The lowest BCUT2D eigenvalue weighted by Gasteiger charge is -2.28. The van der Waals surface area contributed by atoms with Crippen LogP contribution in [0.2, 0.25) is 5.02 Å². The van der Waals surface area contributed by atoms with Gasteiger partial charge in [0, 0.05) is 24.6 Å². The SMILES string of the molecule is CC.COC(C)CC1C(N)=NC(c2cc(NC(=O)c3ncc(Cl)cc3C)ccc2F)CS1(=O)=O. The summed E-state index contributed by atoms with van der Waals surface area (Å²) in [6.07, 6.45) is 1.18. The van der Waals surface area contributed by atoms with Gasteiger partial charge in [0.15, 0.2) is 9.84 Å². The van der Waals surface area contributed by atoms with E-state index >= 15 is 0 Å². The minimum Gasteiger partial charge on any atom is -0.386 e. The largest absolute Gasteiger partial charge is 0.386 e. The molecule has 0 spiro atoms. The molecule has 0 fully saturated rings. The molecule has 3 rings (SSSR count). The second-order valence-corrected chi connectivity index (χ2v) is 10.3. The lowest BCUT2D eigenvalue weighted by atomic mass is 10.1. The fraction of sp³-hybridized carbons (Fsp3) is 0.435. The number of aliphatic imine (C=N–C) groups is 1. The molecule has 0 saturated heterocycles. The minimum atomic E-state index is -3.69. The lowest BCUT2D eigenvalue weighted by molar-refractivity contribution is 0.102. The zero-order valence-electron chi connectivity index (χ0n) is 19.8. The summed E-state index contributed by atoms with van der Waals surface area (Å²) in [5, 5.41) is 2.05. The van der Waals surface area contributed by atoms with Gasteiger partial charge in [-0.1, -0.05) is 25.4 Å². The number of aryl methyl sites for hydroxylation is 1. The summed E-state index contributed by atoms with van der Waals surface area (Å²) < 4.78 is 45.4. The summed E-state index contributed by atoms with van der Waals surface area (Å²) in [6, 6.07) is 4.44. The molecule has 0 aliphatic carbocycles. The zero-order chi connectivity index (χ0) is 25.6. The molecule has 1 aliphatic heterocycles. The molecule has 0 bridgehead atoms. The van der Waals surface area contributed by atoms with E-state index in [0.717, 1.165) is 6.07 Å². The normalized spacial score (nSPS) is 19.9. The number of benzene rings is 1. The van der Waals surface area contributed by atoms with Gasteiger partial charge in [-0.15, -0.1) is 0 Å². The van der Waals surface area contributed by atoms with E-state index in [1.54, 1.807) is 19.9 Å². The summed E-state index contributed by atoms with van der Waals surface area (Å²) in [5.74, 6) is -1.64. The maximum absolute atomic E-state index is 14.6. The third-order valence-electron chi connectivity index (χ3n) is 5.28. The zero-order valence-corrected chi connectivity index (χ0v) is 21.4. The van der Waals surface area contributed by atoms with E-state index in [1.807, 2.05) is 13.8 Å². The van der Waals surface area contributed by atoms with Crippen molar-refractivity contribution in [3.05, 3.63) is 58.1 Å². The number of carbonyl (C=O) groups excluding carboxylic acids is 1. The van der Waals surface area contributed by atoms with Crippen LogP contribution in [0.25, 0.3) is 0 Å². The first-order valence-electron chi connectivity index (χ1n) is 10.8. The van der Waals surface area contributed by atoms with E-state index in [2.05, 4.69) is 15.3 Å². The van der Waals surface area contributed by atoms with Gasteiger partial charge in [-0.2, -0.15) is 0 Å². The van der Waals surface area contributed by atoms with Crippen molar-refractivity contribution in [3.8, 4) is 0 Å². The Morgan fingerprint density at radius 1 is 1.35 bits per heavy atom. The number of ether oxygens (including phenoxy) is 1. The molecular weight excluding hydrogens is 483 g/mol. The number of hydrogen-bond donors (Lipinski definition) is 2. The molecule has 34 heavy (non-hydrogen) atoms. The third-order valence-corrected chi connectivity index (χ3v) is 7.57. The second kappa shape index (κ2) is 11.7. The maximum atomic E-state index is 14.6. The average Bonchev–Trinajstić information content (AvgIpc) is 2.78. The Labute approximate surface area is 204 Å². The van der Waals surface area contributed by atoms with Crippen LogP contribution >= 0.6 is 11.6 Å². The number of amides is 1. The number of hydrogen-bond acceptors (Lipinski definition) is 7. The summed E-state index contributed by atoms with van der Waals surface area (Å²) in [6.45, 7) is 7.42. The third kappa shape index (κ3) is 6.52. The Bertz CT molecular complexity index is 1170. The average molecular weight is 513 g/mol. The Morgan fingerprint density at radius 3 is 2.62 bits per heavy atom. The van der Waals surface area contributed by atoms with Crippen molar-refractivity contribution in [2.75, 3.05) is 18.2 Å². The van der Waals surface area contributed by atoms with Crippen molar-refractivity contribution in [1.82, 2.24) is 4.98 Å². The number of halogens is 2.